The van der Waals surface area contributed by atoms with Gasteiger partial charge < -0.3 is 10.6 Å². The number of hydrogen-bond acceptors (Lipinski definition) is 3. The molecule has 1 aliphatic rings. The van der Waals surface area contributed by atoms with Crippen molar-refractivity contribution in [3.05, 3.63) is 18.2 Å². The van der Waals surface area contributed by atoms with Gasteiger partial charge >= 0.3 is 0 Å². The Kier molecular flexibility index (Phi) is 5.57. The van der Waals surface area contributed by atoms with Crippen LogP contribution in [0.25, 0.3) is 0 Å². The van der Waals surface area contributed by atoms with Gasteiger partial charge in [0.1, 0.15) is 0 Å². The number of benzene rings is 1. The third kappa shape index (κ3) is 4.95. The Labute approximate surface area is 132 Å². The molecule has 0 saturated heterocycles. The lowest BCUT2D eigenvalue weighted by Crippen LogP contribution is -2.24. The summed E-state index contributed by atoms with van der Waals surface area (Å²) in [6.07, 6.45) is 2.33. The summed E-state index contributed by atoms with van der Waals surface area (Å²) in [5.74, 6) is 1.96. The highest BCUT2D eigenvalue weighted by Gasteiger charge is 2.17. The third-order valence-corrected chi connectivity index (χ3v) is 4.57. The first-order valence-corrected chi connectivity index (χ1v) is 8.76. The van der Waals surface area contributed by atoms with Crippen molar-refractivity contribution >= 4 is 29.0 Å². The molecule has 0 fully saturated rings. The van der Waals surface area contributed by atoms with Crippen molar-refractivity contribution in [2.45, 2.75) is 51.5 Å². The van der Waals surface area contributed by atoms with E-state index in [9.17, 15) is 4.79 Å². The van der Waals surface area contributed by atoms with Crippen molar-refractivity contribution in [2.24, 2.45) is 11.8 Å². The van der Waals surface area contributed by atoms with Crippen molar-refractivity contribution in [3.63, 3.8) is 0 Å². The number of hydrogen-bond donors (Lipinski definition) is 2. The first kappa shape index (κ1) is 16.2. The second-order valence-electron chi connectivity index (χ2n) is 6.65. The lowest BCUT2D eigenvalue weighted by atomic mass is 9.95. The van der Waals surface area contributed by atoms with Gasteiger partial charge in [-0.3, -0.25) is 4.79 Å². The fourth-order valence-electron chi connectivity index (χ4n) is 2.76. The maximum absolute atomic E-state index is 11.5. The summed E-state index contributed by atoms with van der Waals surface area (Å²) in [4.78, 5) is 12.7. The molecular formula is C17H26N2OS. The van der Waals surface area contributed by atoms with Crippen molar-refractivity contribution in [2.75, 3.05) is 16.4 Å². The lowest BCUT2D eigenvalue weighted by molar-refractivity contribution is -0.113. The Hall–Kier alpha value is -1.16. The van der Waals surface area contributed by atoms with Crippen LogP contribution in [0.3, 0.4) is 0 Å². The highest BCUT2D eigenvalue weighted by Crippen LogP contribution is 2.34. The fourth-order valence-corrected chi connectivity index (χ4v) is 3.55. The molecule has 2 rings (SSSR count). The molecule has 1 heterocycles. The van der Waals surface area contributed by atoms with Crippen LogP contribution >= 0.6 is 11.8 Å². The van der Waals surface area contributed by atoms with Crippen LogP contribution in [0.15, 0.2) is 23.1 Å². The van der Waals surface area contributed by atoms with Crippen LogP contribution in [-0.2, 0) is 4.79 Å². The van der Waals surface area contributed by atoms with Crippen LogP contribution in [0, 0.1) is 11.8 Å². The van der Waals surface area contributed by atoms with E-state index in [1.165, 1.54) is 0 Å². The Morgan fingerprint density at radius 3 is 2.48 bits per heavy atom. The summed E-state index contributed by atoms with van der Waals surface area (Å²) in [7, 11) is 0. The van der Waals surface area contributed by atoms with Gasteiger partial charge in [0.2, 0.25) is 5.91 Å². The topological polar surface area (TPSA) is 41.1 Å². The summed E-state index contributed by atoms with van der Waals surface area (Å²) in [5.41, 5.74) is 2.04. The monoisotopic (exact) mass is 306 g/mol. The molecule has 1 amide bonds. The minimum absolute atomic E-state index is 0.0885. The summed E-state index contributed by atoms with van der Waals surface area (Å²) in [6.45, 7) is 9.05. The smallest absolute Gasteiger partial charge is 0.234 e. The van der Waals surface area contributed by atoms with Gasteiger partial charge in [0.25, 0.3) is 0 Å². The lowest BCUT2D eigenvalue weighted by Gasteiger charge is -2.25. The van der Waals surface area contributed by atoms with Crippen molar-refractivity contribution in [3.8, 4) is 0 Å². The van der Waals surface area contributed by atoms with E-state index >= 15 is 0 Å². The molecule has 2 N–H and O–H groups in total. The zero-order valence-electron chi connectivity index (χ0n) is 13.4. The van der Waals surface area contributed by atoms with E-state index in [0.29, 0.717) is 23.6 Å². The van der Waals surface area contributed by atoms with Gasteiger partial charge in [-0.25, -0.2) is 0 Å². The fraction of sp³-hybridized carbons (Fsp3) is 0.588. The molecule has 1 aromatic carbocycles. The van der Waals surface area contributed by atoms with Gasteiger partial charge in [-0.2, -0.15) is 0 Å². The Morgan fingerprint density at radius 2 is 1.86 bits per heavy atom. The number of fused-ring (bicyclic) bond motifs is 1. The van der Waals surface area contributed by atoms with Gasteiger partial charge in [-0.15, -0.1) is 11.8 Å². The van der Waals surface area contributed by atoms with Gasteiger partial charge in [0.05, 0.1) is 11.4 Å². The third-order valence-electron chi connectivity index (χ3n) is 3.50. The SMILES string of the molecule is CC(C)CC(CC(C)C)Nc1ccc2c(c1)NC(=O)CS2. The molecule has 21 heavy (non-hydrogen) atoms. The van der Waals surface area contributed by atoms with Gasteiger partial charge in [0, 0.05) is 16.6 Å². The maximum Gasteiger partial charge on any atom is 0.234 e. The molecule has 0 spiro atoms. The van der Waals surface area contributed by atoms with Crippen molar-refractivity contribution in [1.29, 1.82) is 0 Å². The van der Waals surface area contributed by atoms with Crippen LogP contribution in [-0.4, -0.2) is 17.7 Å². The van der Waals surface area contributed by atoms with Crippen molar-refractivity contribution in [1.82, 2.24) is 0 Å². The molecule has 3 nitrogen and oxygen atoms in total. The zero-order valence-corrected chi connectivity index (χ0v) is 14.2. The minimum Gasteiger partial charge on any atom is -0.382 e. The number of amides is 1. The Morgan fingerprint density at radius 1 is 1.19 bits per heavy atom. The molecular weight excluding hydrogens is 280 g/mol. The molecule has 4 heteroatoms. The standard InChI is InChI=1S/C17H26N2OS/c1-11(2)7-14(8-12(3)4)18-13-5-6-16-15(9-13)19-17(20)10-21-16/h5-6,9,11-12,14,18H,7-8,10H2,1-4H3,(H,19,20). The summed E-state index contributed by atoms with van der Waals surface area (Å²) in [6, 6.07) is 6.77. The quantitative estimate of drug-likeness (QED) is 0.807. The van der Waals surface area contributed by atoms with E-state index in [-0.39, 0.29) is 5.91 Å². The first-order valence-electron chi connectivity index (χ1n) is 7.77. The van der Waals surface area contributed by atoms with E-state index in [2.05, 4.69) is 56.5 Å². The average Bonchev–Trinajstić information content (AvgIpc) is 2.36. The number of rotatable bonds is 6. The van der Waals surface area contributed by atoms with Gasteiger partial charge in [0.15, 0.2) is 0 Å². The molecule has 0 aliphatic carbocycles. The molecule has 0 unspecified atom stereocenters. The maximum atomic E-state index is 11.5. The molecule has 116 valence electrons. The number of carbonyl (C=O) groups excluding carboxylic acids is 1. The molecule has 0 radical (unpaired) electrons. The molecule has 0 bridgehead atoms. The van der Waals surface area contributed by atoms with Crippen LogP contribution < -0.4 is 10.6 Å². The van der Waals surface area contributed by atoms with Gasteiger partial charge in [-0.05, 0) is 42.9 Å². The zero-order chi connectivity index (χ0) is 15.4. The van der Waals surface area contributed by atoms with E-state index in [1.807, 2.05) is 0 Å². The number of nitrogens with one attached hydrogen (secondary N) is 2. The van der Waals surface area contributed by atoms with E-state index < -0.39 is 0 Å². The van der Waals surface area contributed by atoms with E-state index in [0.717, 1.165) is 29.1 Å². The largest absolute Gasteiger partial charge is 0.382 e. The molecule has 0 aromatic heterocycles. The van der Waals surface area contributed by atoms with Crippen LogP contribution in [0.1, 0.15) is 40.5 Å². The molecule has 1 aliphatic heterocycles. The van der Waals surface area contributed by atoms with Crippen LogP contribution in [0.2, 0.25) is 0 Å². The normalized spacial score (nSPS) is 14.5. The number of carbonyl (C=O) groups is 1. The van der Waals surface area contributed by atoms with E-state index in [1.54, 1.807) is 11.8 Å². The second kappa shape index (κ2) is 7.21. The molecule has 0 saturated carbocycles. The highest BCUT2D eigenvalue weighted by molar-refractivity contribution is 8.00. The predicted molar refractivity (Wildman–Crippen MR) is 92.1 cm³/mol. The summed E-state index contributed by atoms with van der Waals surface area (Å²) < 4.78 is 0. The van der Waals surface area contributed by atoms with Gasteiger partial charge in [-0.1, -0.05) is 27.7 Å². The highest BCUT2D eigenvalue weighted by atomic mass is 32.2. The van der Waals surface area contributed by atoms with E-state index in [4.69, 9.17) is 0 Å². The molecule has 0 atom stereocenters. The Balaban J connectivity index is 2.09. The first-order chi connectivity index (χ1) is 9.94. The molecule has 1 aromatic rings. The number of anilines is 2. The van der Waals surface area contributed by atoms with Crippen molar-refractivity contribution < 1.29 is 4.79 Å². The van der Waals surface area contributed by atoms with Crippen LogP contribution in [0.4, 0.5) is 11.4 Å². The Bertz CT molecular complexity index is 490. The minimum atomic E-state index is 0.0885. The second-order valence-corrected chi connectivity index (χ2v) is 7.67. The average molecular weight is 306 g/mol. The van der Waals surface area contributed by atoms with Crippen LogP contribution in [0.5, 0.6) is 0 Å². The summed E-state index contributed by atoms with van der Waals surface area (Å²) in [5, 5.41) is 6.60. The predicted octanol–water partition coefficient (Wildman–Crippen LogP) is 4.60. The number of thioether (sulfide) groups is 1. The summed E-state index contributed by atoms with van der Waals surface area (Å²) >= 11 is 1.61.